The highest BCUT2D eigenvalue weighted by Crippen LogP contribution is 2.34. The maximum Gasteiger partial charge on any atom is 0.242 e. The van der Waals surface area contributed by atoms with Crippen LogP contribution in [0.15, 0.2) is 29.2 Å². The molecule has 1 aliphatic rings. The SMILES string of the molecule is CC1CCCCC1(CN)NS(=O)(=O)c1ccccc1Cl.Cl. The highest BCUT2D eigenvalue weighted by Gasteiger charge is 2.40. The van der Waals surface area contributed by atoms with Crippen LogP contribution in [0.2, 0.25) is 5.02 Å². The Morgan fingerprint density at radius 2 is 2.05 bits per heavy atom. The van der Waals surface area contributed by atoms with Crippen LogP contribution in [0.4, 0.5) is 0 Å². The maximum atomic E-state index is 12.6. The van der Waals surface area contributed by atoms with E-state index in [0.717, 1.165) is 25.7 Å². The van der Waals surface area contributed by atoms with Gasteiger partial charge in [0.15, 0.2) is 0 Å². The first-order chi connectivity index (χ1) is 9.41. The van der Waals surface area contributed by atoms with Crippen molar-refractivity contribution in [2.45, 2.75) is 43.0 Å². The van der Waals surface area contributed by atoms with Crippen LogP contribution in [0.25, 0.3) is 0 Å². The predicted molar refractivity (Wildman–Crippen MR) is 88.4 cm³/mol. The normalized spacial score (nSPS) is 26.1. The molecule has 2 atom stereocenters. The van der Waals surface area contributed by atoms with Gasteiger partial charge in [-0.3, -0.25) is 0 Å². The number of sulfonamides is 1. The van der Waals surface area contributed by atoms with Gasteiger partial charge in [0.25, 0.3) is 0 Å². The van der Waals surface area contributed by atoms with Crippen molar-refractivity contribution in [3.05, 3.63) is 29.3 Å². The van der Waals surface area contributed by atoms with Crippen molar-refractivity contribution in [3.8, 4) is 0 Å². The Balaban J connectivity index is 0.00000220. The molecule has 2 rings (SSSR count). The van der Waals surface area contributed by atoms with Crippen LogP contribution in [0, 0.1) is 5.92 Å². The molecule has 1 aliphatic carbocycles. The van der Waals surface area contributed by atoms with Crippen LogP contribution < -0.4 is 10.5 Å². The second kappa shape index (κ2) is 7.29. The molecule has 21 heavy (non-hydrogen) atoms. The fourth-order valence-corrected chi connectivity index (χ4v) is 4.95. The van der Waals surface area contributed by atoms with E-state index in [0.29, 0.717) is 6.54 Å². The van der Waals surface area contributed by atoms with Crippen molar-refractivity contribution < 1.29 is 8.42 Å². The zero-order valence-corrected chi connectivity index (χ0v) is 14.4. The summed E-state index contributed by atoms with van der Waals surface area (Å²) < 4.78 is 28.0. The summed E-state index contributed by atoms with van der Waals surface area (Å²) in [6.45, 7) is 2.36. The van der Waals surface area contributed by atoms with Crippen LogP contribution in [0.1, 0.15) is 32.6 Å². The summed E-state index contributed by atoms with van der Waals surface area (Å²) in [6.07, 6.45) is 3.87. The zero-order valence-electron chi connectivity index (χ0n) is 12.0. The van der Waals surface area contributed by atoms with Gasteiger partial charge in [-0.15, -0.1) is 12.4 Å². The van der Waals surface area contributed by atoms with Crippen molar-refractivity contribution >= 4 is 34.0 Å². The molecule has 0 spiro atoms. The molecule has 0 aliphatic heterocycles. The molecule has 0 heterocycles. The van der Waals surface area contributed by atoms with Gasteiger partial charge in [-0.2, -0.15) is 0 Å². The number of hydrogen-bond donors (Lipinski definition) is 2. The average molecular weight is 353 g/mol. The first kappa shape index (κ1) is 18.7. The van der Waals surface area contributed by atoms with E-state index in [9.17, 15) is 8.42 Å². The molecule has 120 valence electrons. The van der Waals surface area contributed by atoms with Gasteiger partial charge in [-0.05, 0) is 30.9 Å². The van der Waals surface area contributed by atoms with E-state index in [1.165, 1.54) is 6.07 Å². The summed E-state index contributed by atoms with van der Waals surface area (Å²) in [5.74, 6) is 0.221. The van der Waals surface area contributed by atoms with Gasteiger partial charge in [0, 0.05) is 12.1 Å². The number of halogens is 2. The van der Waals surface area contributed by atoms with Crippen LogP contribution >= 0.6 is 24.0 Å². The molecule has 1 aromatic carbocycles. The van der Waals surface area contributed by atoms with Crippen LogP contribution in [0.3, 0.4) is 0 Å². The number of nitrogens with one attached hydrogen (secondary N) is 1. The number of benzene rings is 1. The van der Waals surface area contributed by atoms with Gasteiger partial charge in [0.05, 0.1) is 5.02 Å². The first-order valence-corrected chi connectivity index (χ1v) is 8.76. The molecule has 2 unspecified atom stereocenters. The molecule has 1 saturated carbocycles. The lowest BCUT2D eigenvalue weighted by atomic mass is 9.74. The molecular weight excluding hydrogens is 331 g/mol. The van der Waals surface area contributed by atoms with Crippen LogP contribution in [0.5, 0.6) is 0 Å². The van der Waals surface area contributed by atoms with E-state index < -0.39 is 15.6 Å². The summed E-state index contributed by atoms with van der Waals surface area (Å²) in [5, 5.41) is 0.232. The lowest BCUT2D eigenvalue weighted by Gasteiger charge is -2.42. The van der Waals surface area contributed by atoms with Gasteiger partial charge in [-0.25, -0.2) is 13.1 Å². The summed E-state index contributed by atoms with van der Waals surface area (Å²) in [6, 6.07) is 6.47. The quantitative estimate of drug-likeness (QED) is 0.874. The van der Waals surface area contributed by atoms with Crippen LogP contribution in [-0.2, 0) is 10.0 Å². The Kier molecular flexibility index (Phi) is 6.50. The highest BCUT2D eigenvalue weighted by molar-refractivity contribution is 7.89. The van der Waals surface area contributed by atoms with Gasteiger partial charge in [0.2, 0.25) is 10.0 Å². The minimum absolute atomic E-state index is 0. The van der Waals surface area contributed by atoms with Crippen molar-refractivity contribution in [2.75, 3.05) is 6.54 Å². The largest absolute Gasteiger partial charge is 0.329 e. The monoisotopic (exact) mass is 352 g/mol. The summed E-state index contributed by atoms with van der Waals surface area (Å²) in [4.78, 5) is 0.118. The molecule has 0 saturated heterocycles. The van der Waals surface area contributed by atoms with Crippen molar-refractivity contribution in [1.29, 1.82) is 0 Å². The van der Waals surface area contributed by atoms with Crippen molar-refractivity contribution in [2.24, 2.45) is 11.7 Å². The molecular formula is C14H22Cl2N2O2S. The van der Waals surface area contributed by atoms with Gasteiger partial charge >= 0.3 is 0 Å². The summed E-state index contributed by atoms with van der Waals surface area (Å²) >= 11 is 6.00. The Morgan fingerprint density at radius 3 is 2.62 bits per heavy atom. The van der Waals surface area contributed by atoms with E-state index in [4.69, 9.17) is 17.3 Å². The number of hydrogen-bond acceptors (Lipinski definition) is 3. The predicted octanol–water partition coefficient (Wildman–Crippen LogP) is 2.95. The molecule has 0 aromatic heterocycles. The third kappa shape index (κ3) is 3.90. The maximum absolute atomic E-state index is 12.6. The van der Waals surface area contributed by atoms with E-state index in [-0.39, 0.29) is 28.2 Å². The fourth-order valence-electron chi connectivity index (χ4n) is 2.90. The topological polar surface area (TPSA) is 72.2 Å². The molecule has 1 aromatic rings. The average Bonchev–Trinajstić information content (AvgIpc) is 2.41. The minimum Gasteiger partial charge on any atom is -0.329 e. The standard InChI is InChI=1S/C14H21ClN2O2S.ClH/c1-11-6-4-5-9-14(11,10-16)17-20(18,19)13-8-3-2-7-12(13)15;/h2-3,7-8,11,17H,4-6,9-10,16H2,1H3;1H. The van der Waals surface area contributed by atoms with Crippen molar-refractivity contribution in [3.63, 3.8) is 0 Å². The van der Waals surface area contributed by atoms with Gasteiger partial charge in [-0.1, -0.05) is 43.5 Å². The Morgan fingerprint density at radius 1 is 1.38 bits per heavy atom. The van der Waals surface area contributed by atoms with Gasteiger partial charge in [0.1, 0.15) is 4.90 Å². The summed E-state index contributed by atoms with van der Waals surface area (Å²) in [5.41, 5.74) is 5.33. The van der Waals surface area contributed by atoms with Crippen LogP contribution in [-0.4, -0.2) is 20.5 Å². The molecule has 7 heteroatoms. The molecule has 0 radical (unpaired) electrons. The lowest BCUT2D eigenvalue weighted by molar-refractivity contribution is 0.191. The van der Waals surface area contributed by atoms with E-state index >= 15 is 0 Å². The third-order valence-electron chi connectivity index (χ3n) is 4.28. The second-order valence-electron chi connectivity index (χ2n) is 5.54. The second-order valence-corrected chi connectivity index (χ2v) is 7.60. The Labute approximate surface area is 137 Å². The number of rotatable bonds is 4. The molecule has 0 amide bonds. The minimum atomic E-state index is -3.66. The fraction of sp³-hybridized carbons (Fsp3) is 0.571. The van der Waals surface area contributed by atoms with E-state index in [1.54, 1.807) is 18.2 Å². The Hall–Kier alpha value is -0.330. The third-order valence-corrected chi connectivity index (χ3v) is 6.33. The molecule has 0 bridgehead atoms. The smallest absolute Gasteiger partial charge is 0.242 e. The van der Waals surface area contributed by atoms with E-state index in [1.807, 2.05) is 0 Å². The van der Waals surface area contributed by atoms with Crippen molar-refractivity contribution in [1.82, 2.24) is 4.72 Å². The zero-order chi connectivity index (χ0) is 14.8. The molecule has 3 N–H and O–H groups in total. The molecule has 4 nitrogen and oxygen atoms in total. The number of nitrogens with two attached hydrogens (primary N) is 1. The Bertz CT molecular complexity index is 580. The van der Waals surface area contributed by atoms with Gasteiger partial charge < -0.3 is 5.73 Å². The van der Waals surface area contributed by atoms with E-state index in [2.05, 4.69) is 11.6 Å². The summed E-state index contributed by atoms with van der Waals surface area (Å²) in [7, 11) is -3.66. The first-order valence-electron chi connectivity index (χ1n) is 6.90. The highest BCUT2D eigenvalue weighted by atomic mass is 35.5. The lowest BCUT2D eigenvalue weighted by Crippen LogP contribution is -2.58. The molecule has 1 fully saturated rings.